The van der Waals surface area contributed by atoms with Crippen molar-refractivity contribution in [3.63, 3.8) is 0 Å². The van der Waals surface area contributed by atoms with Crippen LogP contribution < -0.4 is 0 Å². The average molecular weight is 441 g/mol. The first-order valence-corrected chi connectivity index (χ1v) is 10.7. The molecule has 1 N–H and O–H groups in total. The van der Waals surface area contributed by atoms with Crippen LogP contribution in [0, 0.1) is 11.3 Å². The van der Waals surface area contributed by atoms with Gasteiger partial charge < -0.3 is 19.1 Å². The highest BCUT2D eigenvalue weighted by molar-refractivity contribution is 5.97. The third kappa shape index (κ3) is 4.61. The topological polar surface area (TPSA) is 111 Å². The standard InChI is InChI=1S/C23H27N3O6/c1-22(2)31-19(27)18(20(28)32-22)23(14-17-8-11-24-25-17)9-12-26(13-10-23)21(29)30-15-16-6-4-3-5-7-16/h3-8,11,18H,9-10,12-15H2,1-2H3,(H,24,25). The second-order valence-electron chi connectivity index (χ2n) is 8.82. The maximum Gasteiger partial charge on any atom is 0.410 e. The van der Waals surface area contributed by atoms with E-state index in [9.17, 15) is 14.4 Å². The normalized spacial score (nSPS) is 20.4. The number of piperidine rings is 1. The van der Waals surface area contributed by atoms with Crippen molar-refractivity contribution in [2.45, 2.75) is 45.5 Å². The number of cyclic esters (lactones) is 2. The number of nitrogens with zero attached hydrogens (tertiary/aromatic N) is 2. The smallest absolute Gasteiger partial charge is 0.410 e. The summed E-state index contributed by atoms with van der Waals surface area (Å²) < 4.78 is 16.3. The van der Waals surface area contributed by atoms with Crippen molar-refractivity contribution >= 4 is 18.0 Å². The van der Waals surface area contributed by atoms with E-state index in [-0.39, 0.29) is 6.61 Å². The van der Waals surface area contributed by atoms with Gasteiger partial charge in [-0.3, -0.25) is 14.7 Å². The molecule has 4 rings (SSSR count). The Morgan fingerprint density at radius 1 is 1.12 bits per heavy atom. The molecule has 1 amide bonds. The molecule has 0 unspecified atom stereocenters. The maximum absolute atomic E-state index is 12.9. The summed E-state index contributed by atoms with van der Waals surface area (Å²) in [6.45, 7) is 3.95. The Bertz CT molecular complexity index is 945. The fourth-order valence-electron chi connectivity index (χ4n) is 4.49. The lowest BCUT2D eigenvalue weighted by Crippen LogP contribution is -2.56. The van der Waals surface area contributed by atoms with Crippen molar-refractivity contribution in [2.75, 3.05) is 13.1 Å². The van der Waals surface area contributed by atoms with E-state index < -0.39 is 35.2 Å². The molecule has 2 aliphatic heterocycles. The monoisotopic (exact) mass is 441 g/mol. The molecule has 0 radical (unpaired) electrons. The van der Waals surface area contributed by atoms with E-state index >= 15 is 0 Å². The molecule has 1 aromatic carbocycles. The van der Waals surface area contributed by atoms with Crippen LogP contribution in [0.3, 0.4) is 0 Å². The number of aromatic nitrogens is 2. The Labute approximate surface area is 186 Å². The van der Waals surface area contributed by atoms with Gasteiger partial charge in [-0.25, -0.2) is 4.79 Å². The van der Waals surface area contributed by atoms with Crippen LogP contribution in [0.15, 0.2) is 42.6 Å². The number of nitrogens with one attached hydrogen (secondary N) is 1. The van der Waals surface area contributed by atoms with Crippen LogP contribution in [0.25, 0.3) is 0 Å². The largest absolute Gasteiger partial charge is 0.445 e. The Morgan fingerprint density at radius 2 is 1.78 bits per heavy atom. The maximum atomic E-state index is 12.9. The zero-order valence-electron chi connectivity index (χ0n) is 18.2. The van der Waals surface area contributed by atoms with E-state index in [1.54, 1.807) is 11.1 Å². The van der Waals surface area contributed by atoms with Crippen molar-refractivity contribution in [3.05, 3.63) is 53.9 Å². The number of aromatic amines is 1. The quantitative estimate of drug-likeness (QED) is 0.561. The van der Waals surface area contributed by atoms with E-state index in [0.717, 1.165) is 11.3 Å². The summed E-state index contributed by atoms with van der Waals surface area (Å²) in [6, 6.07) is 11.3. The minimum Gasteiger partial charge on any atom is -0.445 e. The van der Waals surface area contributed by atoms with Crippen LogP contribution in [0.2, 0.25) is 0 Å². The van der Waals surface area contributed by atoms with Gasteiger partial charge in [-0.15, -0.1) is 0 Å². The van der Waals surface area contributed by atoms with E-state index in [0.29, 0.717) is 32.4 Å². The summed E-state index contributed by atoms with van der Waals surface area (Å²) in [4.78, 5) is 40.0. The Hall–Kier alpha value is -3.36. The highest BCUT2D eigenvalue weighted by Crippen LogP contribution is 2.45. The number of ether oxygens (including phenoxy) is 3. The van der Waals surface area contributed by atoms with Crippen LogP contribution in [0.4, 0.5) is 4.79 Å². The van der Waals surface area contributed by atoms with Gasteiger partial charge in [0.1, 0.15) is 6.61 Å². The summed E-state index contributed by atoms with van der Waals surface area (Å²) in [5.74, 6) is -3.54. The average Bonchev–Trinajstić information content (AvgIpc) is 3.24. The van der Waals surface area contributed by atoms with E-state index in [1.807, 2.05) is 36.4 Å². The second kappa shape index (κ2) is 8.64. The fraction of sp³-hybridized carbons (Fsp3) is 0.478. The number of rotatable bonds is 5. The first-order chi connectivity index (χ1) is 15.3. The lowest BCUT2D eigenvalue weighted by Gasteiger charge is -2.46. The van der Waals surface area contributed by atoms with Gasteiger partial charge in [0.15, 0.2) is 5.92 Å². The molecule has 0 bridgehead atoms. The zero-order valence-corrected chi connectivity index (χ0v) is 18.2. The van der Waals surface area contributed by atoms with Gasteiger partial charge in [-0.1, -0.05) is 30.3 Å². The van der Waals surface area contributed by atoms with Crippen LogP contribution in [-0.2, 0) is 36.8 Å². The van der Waals surface area contributed by atoms with Crippen molar-refractivity contribution in [1.29, 1.82) is 0 Å². The van der Waals surface area contributed by atoms with Crippen LogP contribution in [-0.4, -0.2) is 52.0 Å². The van der Waals surface area contributed by atoms with Crippen LogP contribution in [0.1, 0.15) is 37.9 Å². The number of hydrogen-bond donors (Lipinski definition) is 1. The third-order valence-electron chi connectivity index (χ3n) is 6.10. The number of esters is 2. The first-order valence-electron chi connectivity index (χ1n) is 10.7. The summed E-state index contributed by atoms with van der Waals surface area (Å²) in [6.07, 6.45) is 2.46. The molecule has 9 heteroatoms. The molecule has 0 saturated carbocycles. The first kappa shape index (κ1) is 21.9. The highest BCUT2D eigenvalue weighted by Gasteiger charge is 2.56. The highest BCUT2D eigenvalue weighted by atomic mass is 16.7. The van der Waals surface area contributed by atoms with Crippen LogP contribution >= 0.6 is 0 Å². The molecule has 0 spiro atoms. The number of H-pyrrole nitrogens is 1. The number of hydrogen-bond acceptors (Lipinski definition) is 7. The molecule has 2 fully saturated rings. The molecule has 1 aromatic heterocycles. The summed E-state index contributed by atoms with van der Waals surface area (Å²) in [7, 11) is 0. The van der Waals surface area contributed by atoms with Gasteiger partial charge in [-0.05, 0) is 30.9 Å². The molecule has 2 saturated heterocycles. The van der Waals surface area contributed by atoms with Crippen molar-refractivity contribution in [2.24, 2.45) is 11.3 Å². The SMILES string of the molecule is CC1(C)OC(=O)C(C2(Cc3ccn[nH]3)CCN(C(=O)OCc3ccccc3)CC2)C(=O)O1. The molecule has 2 aliphatic rings. The summed E-state index contributed by atoms with van der Waals surface area (Å²) in [5, 5.41) is 6.89. The van der Waals surface area contributed by atoms with Crippen molar-refractivity contribution in [1.82, 2.24) is 15.1 Å². The third-order valence-corrected chi connectivity index (χ3v) is 6.10. The lowest BCUT2D eigenvalue weighted by atomic mass is 9.65. The van der Waals surface area contributed by atoms with Gasteiger partial charge in [0.05, 0.1) is 0 Å². The molecule has 32 heavy (non-hydrogen) atoms. The zero-order chi connectivity index (χ0) is 22.8. The number of carbonyl (C=O) groups excluding carboxylic acids is 3. The van der Waals surface area contributed by atoms with Gasteiger partial charge in [0, 0.05) is 44.2 Å². The predicted molar refractivity (Wildman–Crippen MR) is 112 cm³/mol. The number of likely N-dealkylation sites (tertiary alicyclic amines) is 1. The van der Waals surface area contributed by atoms with Gasteiger partial charge in [-0.2, -0.15) is 5.10 Å². The van der Waals surface area contributed by atoms with Gasteiger partial charge in [0.2, 0.25) is 0 Å². The Morgan fingerprint density at radius 3 is 2.38 bits per heavy atom. The van der Waals surface area contributed by atoms with Gasteiger partial charge in [0.25, 0.3) is 5.79 Å². The predicted octanol–water partition coefficient (Wildman–Crippen LogP) is 2.82. The minimum absolute atomic E-state index is 0.186. The summed E-state index contributed by atoms with van der Waals surface area (Å²) in [5.41, 5.74) is 0.949. The van der Waals surface area contributed by atoms with Crippen LogP contribution in [0.5, 0.6) is 0 Å². The van der Waals surface area contributed by atoms with E-state index in [2.05, 4.69) is 10.2 Å². The van der Waals surface area contributed by atoms with Crippen molar-refractivity contribution < 1.29 is 28.6 Å². The molecular formula is C23H27N3O6. The number of carbonyl (C=O) groups is 3. The second-order valence-corrected chi connectivity index (χ2v) is 8.82. The number of benzene rings is 1. The number of amides is 1. The molecule has 3 heterocycles. The van der Waals surface area contributed by atoms with Gasteiger partial charge >= 0.3 is 18.0 Å². The molecular weight excluding hydrogens is 414 g/mol. The molecule has 0 aliphatic carbocycles. The molecule has 170 valence electrons. The minimum atomic E-state index is -1.29. The Kier molecular flexibility index (Phi) is 5.90. The lowest BCUT2D eigenvalue weighted by molar-refractivity contribution is -0.247. The fourth-order valence-corrected chi connectivity index (χ4v) is 4.49. The molecule has 0 atom stereocenters. The summed E-state index contributed by atoms with van der Waals surface area (Å²) >= 11 is 0. The van der Waals surface area contributed by atoms with Crippen molar-refractivity contribution in [3.8, 4) is 0 Å². The van der Waals surface area contributed by atoms with E-state index in [1.165, 1.54) is 13.8 Å². The molecule has 9 nitrogen and oxygen atoms in total. The van der Waals surface area contributed by atoms with E-state index in [4.69, 9.17) is 14.2 Å². The molecule has 2 aromatic rings. The Balaban J connectivity index is 1.47.